The van der Waals surface area contributed by atoms with Crippen LogP contribution in [-0.4, -0.2) is 28.3 Å². The van der Waals surface area contributed by atoms with E-state index in [0.29, 0.717) is 12.8 Å². The Morgan fingerprint density at radius 3 is 2.65 bits per heavy atom. The Bertz CT molecular complexity index is 797. The van der Waals surface area contributed by atoms with Crippen LogP contribution in [0, 0.1) is 0 Å². The van der Waals surface area contributed by atoms with Gasteiger partial charge in [-0.3, -0.25) is 9.59 Å². The Morgan fingerprint density at radius 2 is 1.91 bits per heavy atom. The first-order valence-electron chi connectivity index (χ1n) is 8.20. The van der Waals surface area contributed by atoms with Crippen LogP contribution in [0.3, 0.4) is 0 Å². The number of rotatable bonds is 3. The molecule has 4 heteroatoms. The molecule has 1 saturated heterocycles. The minimum Gasteiger partial charge on any atom is -0.325 e. The summed E-state index contributed by atoms with van der Waals surface area (Å²) in [6, 6.07) is 14.2. The molecular weight excluding hydrogens is 288 g/mol. The van der Waals surface area contributed by atoms with E-state index >= 15 is 0 Å². The fraction of sp³-hybridized carbons (Fsp3) is 0.368. The Balaban J connectivity index is 1.59. The van der Waals surface area contributed by atoms with Crippen LogP contribution >= 0.6 is 0 Å². The average Bonchev–Trinajstić information content (AvgIpc) is 3.33. The smallest absolute Gasteiger partial charge is 0.250 e. The summed E-state index contributed by atoms with van der Waals surface area (Å²) in [6.45, 7) is 1.90. The van der Waals surface area contributed by atoms with Gasteiger partial charge < -0.3 is 10.2 Å². The van der Waals surface area contributed by atoms with E-state index in [1.807, 2.05) is 54.3 Å². The summed E-state index contributed by atoms with van der Waals surface area (Å²) in [4.78, 5) is 26.8. The lowest BCUT2D eigenvalue weighted by Gasteiger charge is -2.34. The highest BCUT2D eigenvalue weighted by Gasteiger charge is 2.52. The van der Waals surface area contributed by atoms with Crippen molar-refractivity contribution in [3.05, 3.63) is 42.5 Å². The summed E-state index contributed by atoms with van der Waals surface area (Å²) in [6.07, 6.45) is 3.11. The van der Waals surface area contributed by atoms with E-state index in [-0.39, 0.29) is 17.9 Å². The van der Waals surface area contributed by atoms with Gasteiger partial charge in [-0.05, 0) is 49.1 Å². The molecule has 0 spiro atoms. The van der Waals surface area contributed by atoms with Gasteiger partial charge >= 0.3 is 0 Å². The lowest BCUT2D eigenvalue weighted by molar-refractivity contribution is -0.138. The molecule has 4 rings (SSSR count). The Kier molecular flexibility index (Phi) is 3.15. The van der Waals surface area contributed by atoms with E-state index < -0.39 is 5.54 Å². The molecule has 23 heavy (non-hydrogen) atoms. The molecule has 2 aromatic carbocycles. The number of amides is 2. The largest absolute Gasteiger partial charge is 0.325 e. The van der Waals surface area contributed by atoms with Crippen molar-refractivity contribution in [3.63, 3.8) is 0 Å². The van der Waals surface area contributed by atoms with Gasteiger partial charge in [0.05, 0.1) is 0 Å². The quantitative estimate of drug-likeness (QED) is 0.945. The molecular formula is C19H20N2O2. The number of carbonyl (C=O) groups excluding carboxylic acids is 2. The minimum atomic E-state index is -0.718. The zero-order valence-corrected chi connectivity index (χ0v) is 13.2. The van der Waals surface area contributed by atoms with E-state index in [1.165, 1.54) is 0 Å². The van der Waals surface area contributed by atoms with Crippen LogP contribution in [0.2, 0.25) is 0 Å². The number of benzene rings is 2. The molecule has 0 aromatic heterocycles. The van der Waals surface area contributed by atoms with Crippen molar-refractivity contribution < 1.29 is 9.59 Å². The minimum absolute atomic E-state index is 0.0782. The zero-order chi connectivity index (χ0) is 16.0. The lowest BCUT2D eigenvalue weighted by atomic mass is 9.97. The van der Waals surface area contributed by atoms with Crippen LogP contribution in [0.4, 0.5) is 5.69 Å². The normalized spacial score (nSPS) is 24.2. The number of hydrogen-bond donors (Lipinski definition) is 1. The fourth-order valence-corrected chi connectivity index (χ4v) is 3.56. The molecule has 0 radical (unpaired) electrons. The van der Waals surface area contributed by atoms with Crippen molar-refractivity contribution in [1.82, 2.24) is 4.90 Å². The van der Waals surface area contributed by atoms with E-state index in [0.717, 1.165) is 29.3 Å². The van der Waals surface area contributed by atoms with Crippen LogP contribution < -0.4 is 5.32 Å². The number of anilines is 1. The molecule has 2 amide bonds. The molecule has 118 valence electrons. The second-order valence-corrected chi connectivity index (χ2v) is 6.78. The maximum absolute atomic E-state index is 12.9. The van der Waals surface area contributed by atoms with Gasteiger partial charge in [0.2, 0.25) is 11.8 Å². The van der Waals surface area contributed by atoms with Gasteiger partial charge in [-0.25, -0.2) is 0 Å². The number of nitrogens with one attached hydrogen (secondary N) is 1. The van der Waals surface area contributed by atoms with Crippen LogP contribution in [0.1, 0.15) is 32.6 Å². The Hall–Kier alpha value is -2.36. The predicted octanol–water partition coefficient (Wildman–Crippen LogP) is 3.32. The third-order valence-corrected chi connectivity index (χ3v) is 5.03. The summed E-state index contributed by atoms with van der Waals surface area (Å²) in [7, 11) is 0. The molecule has 2 aliphatic rings. The van der Waals surface area contributed by atoms with E-state index in [9.17, 15) is 9.59 Å². The predicted molar refractivity (Wildman–Crippen MR) is 90.1 cm³/mol. The van der Waals surface area contributed by atoms with Gasteiger partial charge in [0.15, 0.2) is 0 Å². The number of nitrogens with zero attached hydrogens (tertiary/aromatic N) is 1. The van der Waals surface area contributed by atoms with Gasteiger partial charge in [-0.15, -0.1) is 0 Å². The summed E-state index contributed by atoms with van der Waals surface area (Å²) < 4.78 is 0. The van der Waals surface area contributed by atoms with Crippen LogP contribution in [0.5, 0.6) is 0 Å². The highest BCUT2D eigenvalue weighted by Crippen LogP contribution is 2.40. The first kappa shape index (κ1) is 14.2. The number of carbonyl (C=O) groups is 2. The molecule has 1 saturated carbocycles. The van der Waals surface area contributed by atoms with Gasteiger partial charge in [-0.2, -0.15) is 0 Å². The van der Waals surface area contributed by atoms with Gasteiger partial charge in [0.1, 0.15) is 5.54 Å². The van der Waals surface area contributed by atoms with Crippen molar-refractivity contribution in [2.75, 3.05) is 5.32 Å². The standard InChI is InChI=1S/C19H20N2O2/c1-19(11-10-17(22)21(19)16-8-9-16)18(23)20-15-7-6-13-4-2-3-5-14(13)12-15/h2-7,12,16H,8-11H2,1H3,(H,20,23). The van der Waals surface area contributed by atoms with Gasteiger partial charge in [-0.1, -0.05) is 30.3 Å². The molecule has 1 unspecified atom stereocenters. The molecule has 1 aliphatic carbocycles. The highest BCUT2D eigenvalue weighted by atomic mass is 16.2. The molecule has 2 aromatic rings. The van der Waals surface area contributed by atoms with E-state index in [2.05, 4.69) is 5.32 Å². The van der Waals surface area contributed by atoms with Gasteiger partial charge in [0.25, 0.3) is 0 Å². The summed E-state index contributed by atoms with van der Waals surface area (Å²) in [5.74, 6) is 0.0363. The summed E-state index contributed by atoms with van der Waals surface area (Å²) >= 11 is 0. The molecule has 1 heterocycles. The molecule has 1 aliphatic heterocycles. The van der Waals surface area contributed by atoms with E-state index in [4.69, 9.17) is 0 Å². The maximum atomic E-state index is 12.9. The highest BCUT2D eigenvalue weighted by molar-refractivity contribution is 6.03. The van der Waals surface area contributed by atoms with Crippen molar-refractivity contribution in [3.8, 4) is 0 Å². The molecule has 1 N–H and O–H groups in total. The summed E-state index contributed by atoms with van der Waals surface area (Å²) in [5.41, 5.74) is 0.0641. The van der Waals surface area contributed by atoms with Crippen LogP contribution in [-0.2, 0) is 9.59 Å². The molecule has 0 bridgehead atoms. The fourth-order valence-electron chi connectivity index (χ4n) is 3.56. The average molecular weight is 308 g/mol. The first-order chi connectivity index (χ1) is 11.1. The van der Waals surface area contributed by atoms with Crippen LogP contribution in [0.25, 0.3) is 10.8 Å². The topological polar surface area (TPSA) is 49.4 Å². The van der Waals surface area contributed by atoms with Crippen molar-refractivity contribution in [1.29, 1.82) is 0 Å². The molecule has 2 fully saturated rings. The second-order valence-electron chi connectivity index (χ2n) is 6.78. The maximum Gasteiger partial charge on any atom is 0.250 e. The third kappa shape index (κ3) is 2.38. The monoisotopic (exact) mass is 308 g/mol. The number of likely N-dealkylation sites (tertiary alicyclic amines) is 1. The Labute approximate surface area is 135 Å². The second kappa shape index (κ2) is 5.08. The molecule has 4 nitrogen and oxygen atoms in total. The third-order valence-electron chi connectivity index (χ3n) is 5.03. The van der Waals surface area contributed by atoms with Crippen molar-refractivity contribution in [2.45, 2.75) is 44.2 Å². The van der Waals surface area contributed by atoms with Crippen molar-refractivity contribution in [2.24, 2.45) is 0 Å². The van der Waals surface area contributed by atoms with Crippen LogP contribution in [0.15, 0.2) is 42.5 Å². The number of hydrogen-bond acceptors (Lipinski definition) is 2. The Morgan fingerprint density at radius 1 is 1.17 bits per heavy atom. The van der Waals surface area contributed by atoms with Gasteiger partial charge in [0, 0.05) is 18.2 Å². The first-order valence-corrected chi connectivity index (χ1v) is 8.20. The zero-order valence-electron chi connectivity index (χ0n) is 13.2. The molecule has 1 atom stereocenters. The lowest BCUT2D eigenvalue weighted by Crippen LogP contribution is -2.53. The number of fused-ring (bicyclic) bond motifs is 1. The summed E-state index contributed by atoms with van der Waals surface area (Å²) in [5, 5.41) is 5.26. The van der Waals surface area contributed by atoms with Crippen molar-refractivity contribution >= 4 is 28.3 Å². The SMILES string of the molecule is CC1(C(=O)Nc2ccc3ccccc3c2)CCC(=O)N1C1CC1. The van der Waals surface area contributed by atoms with E-state index in [1.54, 1.807) is 0 Å².